The summed E-state index contributed by atoms with van der Waals surface area (Å²) in [6.07, 6.45) is 3.82. The van der Waals surface area contributed by atoms with Crippen LogP contribution in [-0.2, 0) is 13.6 Å². The van der Waals surface area contributed by atoms with E-state index in [0.717, 1.165) is 17.0 Å². The fourth-order valence-corrected chi connectivity index (χ4v) is 1.71. The predicted molar refractivity (Wildman–Crippen MR) is 71.4 cm³/mol. The number of anilines is 1. The molecule has 0 aromatic carbocycles. The zero-order valence-electron chi connectivity index (χ0n) is 11.3. The van der Waals surface area contributed by atoms with E-state index in [1.165, 1.54) is 0 Å². The van der Waals surface area contributed by atoms with E-state index in [1.807, 2.05) is 32.4 Å². The van der Waals surface area contributed by atoms with Crippen LogP contribution in [0.4, 0.5) is 5.95 Å². The van der Waals surface area contributed by atoms with Gasteiger partial charge in [0.2, 0.25) is 5.95 Å². The van der Waals surface area contributed by atoms with E-state index in [0.29, 0.717) is 18.4 Å². The first-order valence-electron chi connectivity index (χ1n) is 6.11. The van der Waals surface area contributed by atoms with Gasteiger partial charge in [-0.25, -0.2) is 9.97 Å². The molecule has 0 aliphatic rings. The highest BCUT2D eigenvalue weighted by molar-refractivity contribution is 5.30. The molecule has 2 heterocycles. The molecule has 5 heteroatoms. The van der Waals surface area contributed by atoms with Gasteiger partial charge in [-0.1, -0.05) is 13.8 Å². The molecular formula is C13H19N5. The molecule has 5 nitrogen and oxygen atoms in total. The van der Waals surface area contributed by atoms with Crippen molar-refractivity contribution in [3.63, 3.8) is 0 Å². The van der Waals surface area contributed by atoms with Gasteiger partial charge < -0.3 is 5.32 Å². The second-order valence-electron chi connectivity index (χ2n) is 4.79. The summed E-state index contributed by atoms with van der Waals surface area (Å²) in [6.45, 7) is 6.94. The largest absolute Gasteiger partial charge is 0.350 e. The van der Waals surface area contributed by atoms with Gasteiger partial charge >= 0.3 is 0 Å². The average molecular weight is 245 g/mol. The van der Waals surface area contributed by atoms with Crippen molar-refractivity contribution in [2.24, 2.45) is 7.05 Å². The highest BCUT2D eigenvalue weighted by atomic mass is 15.2. The fourth-order valence-electron chi connectivity index (χ4n) is 1.71. The molecule has 18 heavy (non-hydrogen) atoms. The number of rotatable bonds is 4. The van der Waals surface area contributed by atoms with Crippen LogP contribution in [0.25, 0.3) is 0 Å². The van der Waals surface area contributed by atoms with Crippen molar-refractivity contribution in [3.8, 4) is 0 Å². The summed E-state index contributed by atoms with van der Waals surface area (Å²) in [6, 6.07) is 2.03. The number of aryl methyl sites for hydroxylation is 2. The van der Waals surface area contributed by atoms with Crippen molar-refractivity contribution in [2.45, 2.75) is 33.2 Å². The second-order valence-corrected chi connectivity index (χ2v) is 4.79. The Morgan fingerprint density at radius 2 is 2.11 bits per heavy atom. The lowest BCUT2D eigenvalue weighted by atomic mass is 10.1. The molecule has 0 radical (unpaired) electrons. The van der Waals surface area contributed by atoms with Gasteiger partial charge in [0.15, 0.2) is 0 Å². The Morgan fingerprint density at radius 1 is 1.33 bits per heavy atom. The van der Waals surface area contributed by atoms with Gasteiger partial charge in [0.05, 0.1) is 6.20 Å². The smallest absolute Gasteiger partial charge is 0.223 e. The van der Waals surface area contributed by atoms with E-state index in [4.69, 9.17) is 0 Å². The maximum Gasteiger partial charge on any atom is 0.223 e. The molecule has 2 aromatic heterocycles. The molecular weight excluding hydrogens is 226 g/mol. The zero-order valence-corrected chi connectivity index (χ0v) is 11.3. The quantitative estimate of drug-likeness (QED) is 0.897. The van der Waals surface area contributed by atoms with Crippen LogP contribution in [0.3, 0.4) is 0 Å². The van der Waals surface area contributed by atoms with Gasteiger partial charge in [-0.2, -0.15) is 5.10 Å². The van der Waals surface area contributed by atoms with E-state index in [9.17, 15) is 0 Å². The minimum Gasteiger partial charge on any atom is -0.350 e. The lowest BCUT2D eigenvalue weighted by molar-refractivity contribution is 0.767. The van der Waals surface area contributed by atoms with E-state index in [1.54, 1.807) is 4.68 Å². The molecule has 0 unspecified atom stereocenters. The van der Waals surface area contributed by atoms with E-state index in [2.05, 4.69) is 34.2 Å². The number of hydrogen-bond donors (Lipinski definition) is 1. The summed E-state index contributed by atoms with van der Waals surface area (Å²) in [7, 11) is 1.91. The number of hydrogen-bond acceptors (Lipinski definition) is 4. The third-order valence-electron chi connectivity index (χ3n) is 2.67. The maximum absolute atomic E-state index is 4.51. The van der Waals surface area contributed by atoms with E-state index < -0.39 is 0 Å². The van der Waals surface area contributed by atoms with Gasteiger partial charge in [-0.3, -0.25) is 4.68 Å². The van der Waals surface area contributed by atoms with Gasteiger partial charge in [0, 0.05) is 36.7 Å². The Kier molecular flexibility index (Phi) is 3.60. The standard InChI is InChI=1S/C13H19N5/c1-9(2)12-5-10(3)16-13(17-12)14-6-11-7-15-18(4)8-11/h5,7-9H,6H2,1-4H3,(H,14,16,17). The lowest BCUT2D eigenvalue weighted by Crippen LogP contribution is -2.06. The third-order valence-corrected chi connectivity index (χ3v) is 2.67. The summed E-state index contributed by atoms with van der Waals surface area (Å²) in [5, 5.41) is 7.36. The zero-order chi connectivity index (χ0) is 13.1. The van der Waals surface area contributed by atoms with Crippen LogP contribution in [0.15, 0.2) is 18.5 Å². The van der Waals surface area contributed by atoms with Crippen molar-refractivity contribution in [2.75, 3.05) is 5.32 Å². The third kappa shape index (κ3) is 3.06. The minimum atomic E-state index is 0.408. The maximum atomic E-state index is 4.51. The molecule has 0 amide bonds. The Labute approximate surface area is 107 Å². The molecule has 0 spiro atoms. The normalized spacial score (nSPS) is 10.9. The Bertz CT molecular complexity index is 530. The average Bonchev–Trinajstić information content (AvgIpc) is 2.72. The van der Waals surface area contributed by atoms with Crippen molar-refractivity contribution >= 4 is 5.95 Å². The van der Waals surface area contributed by atoms with Crippen LogP contribution < -0.4 is 5.32 Å². The van der Waals surface area contributed by atoms with Crippen LogP contribution in [-0.4, -0.2) is 19.7 Å². The molecule has 0 saturated carbocycles. The monoisotopic (exact) mass is 245 g/mol. The van der Waals surface area contributed by atoms with Crippen molar-refractivity contribution in [3.05, 3.63) is 35.4 Å². The summed E-state index contributed by atoms with van der Waals surface area (Å²) in [4.78, 5) is 8.89. The Hall–Kier alpha value is -1.91. The highest BCUT2D eigenvalue weighted by Crippen LogP contribution is 2.14. The molecule has 1 N–H and O–H groups in total. The molecule has 2 aromatic rings. The first-order chi connectivity index (χ1) is 8.54. The number of nitrogens with zero attached hydrogens (tertiary/aromatic N) is 4. The molecule has 0 aliphatic carbocycles. The molecule has 0 fully saturated rings. The van der Waals surface area contributed by atoms with E-state index >= 15 is 0 Å². The first kappa shape index (κ1) is 12.5. The second kappa shape index (κ2) is 5.16. The lowest BCUT2D eigenvalue weighted by Gasteiger charge is -2.09. The van der Waals surface area contributed by atoms with Gasteiger partial charge in [-0.15, -0.1) is 0 Å². The van der Waals surface area contributed by atoms with Gasteiger partial charge in [0.25, 0.3) is 0 Å². The Balaban J connectivity index is 2.09. The summed E-state index contributed by atoms with van der Waals surface area (Å²) >= 11 is 0. The summed E-state index contributed by atoms with van der Waals surface area (Å²) < 4.78 is 1.79. The predicted octanol–water partition coefficient (Wildman–Crippen LogP) is 2.25. The molecule has 0 bridgehead atoms. The molecule has 0 atom stereocenters. The fraction of sp³-hybridized carbons (Fsp3) is 0.462. The highest BCUT2D eigenvalue weighted by Gasteiger charge is 2.06. The minimum absolute atomic E-state index is 0.408. The van der Waals surface area contributed by atoms with E-state index in [-0.39, 0.29) is 0 Å². The topological polar surface area (TPSA) is 55.6 Å². The first-order valence-corrected chi connectivity index (χ1v) is 6.11. The Morgan fingerprint density at radius 3 is 2.72 bits per heavy atom. The van der Waals surface area contributed by atoms with Crippen molar-refractivity contribution in [1.29, 1.82) is 0 Å². The molecule has 96 valence electrons. The van der Waals surface area contributed by atoms with Crippen LogP contribution in [0, 0.1) is 6.92 Å². The van der Waals surface area contributed by atoms with Gasteiger partial charge in [-0.05, 0) is 18.9 Å². The SMILES string of the molecule is Cc1cc(C(C)C)nc(NCc2cnn(C)c2)n1. The summed E-state index contributed by atoms with van der Waals surface area (Å²) in [5.74, 6) is 1.09. The van der Waals surface area contributed by atoms with Gasteiger partial charge in [0.1, 0.15) is 0 Å². The molecule has 2 rings (SSSR count). The molecule has 0 aliphatic heterocycles. The van der Waals surface area contributed by atoms with Crippen LogP contribution in [0.2, 0.25) is 0 Å². The number of aromatic nitrogens is 4. The van der Waals surface area contributed by atoms with Crippen molar-refractivity contribution in [1.82, 2.24) is 19.7 Å². The van der Waals surface area contributed by atoms with Crippen LogP contribution >= 0.6 is 0 Å². The summed E-state index contributed by atoms with van der Waals surface area (Å²) in [5.41, 5.74) is 3.17. The van der Waals surface area contributed by atoms with Crippen LogP contribution in [0.1, 0.15) is 36.7 Å². The van der Waals surface area contributed by atoms with Crippen molar-refractivity contribution < 1.29 is 0 Å². The molecule has 0 saturated heterocycles. The number of nitrogens with one attached hydrogen (secondary N) is 1. The van der Waals surface area contributed by atoms with Crippen LogP contribution in [0.5, 0.6) is 0 Å².